The molecule has 118 valence electrons. The molecule has 1 aromatic rings. The van der Waals surface area contributed by atoms with E-state index in [-0.39, 0.29) is 24.2 Å². The summed E-state index contributed by atoms with van der Waals surface area (Å²) >= 11 is 0. The van der Waals surface area contributed by atoms with E-state index in [1.807, 2.05) is 35.2 Å². The molecule has 0 N–H and O–H groups in total. The fraction of sp³-hybridized carbons (Fsp3) is 0.500. The van der Waals surface area contributed by atoms with Gasteiger partial charge >= 0.3 is 0 Å². The SMILES string of the molecule is C=CCO[C@@H]1CC[C@@H]2[C@H]1OCCN2C(=O)Cc1ccccc1. The molecule has 4 heteroatoms. The van der Waals surface area contributed by atoms with Gasteiger partial charge in [0.1, 0.15) is 6.10 Å². The van der Waals surface area contributed by atoms with Crippen LogP contribution in [0.3, 0.4) is 0 Å². The summed E-state index contributed by atoms with van der Waals surface area (Å²) in [7, 11) is 0. The Kier molecular flexibility index (Phi) is 4.90. The fourth-order valence-electron chi connectivity index (χ4n) is 3.47. The van der Waals surface area contributed by atoms with Crippen molar-refractivity contribution >= 4 is 5.91 Å². The first-order valence-electron chi connectivity index (χ1n) is 7.97. The third-order valence-electron chi connectivity index (χ3n) is 4.48. The standard InChI is InChI=1S/C18H23NO3/c1-2-11-21-16-9-8-15-18(16)22-12-10-19(15)17(20)13-14-6-4-3-5-7-14/h2-7,15-16,18H,1,8-13H2/t15-,16-,18-/m1/s1. The topological polar surface area (TPSA) is 38.8 Å². The number of ether oxygens (including phenoxy) is 2. The van der Waals surface area contributed by atoms with Crippen LogP contribution in [0.1, 0.15) is 18.4 Å². The van der Waals surface area contributed by atoms with Gasteiger partial charge in [0.05, 0.1) is 31.8 Å². The monoisotopic (exact) mass is 301 g/mol. The van der Waals surface area contributed by atoms with Gasteiger partial charge in [-0.25, -0.2) is 0 Å². The molecule has 1 saturated heterocycles. The van der Waals surface area contributed by atoms with Gasteiger partial charge in [0.15, 0.2) is 0 Å². The van der Waals surface area contributed by atoms with Crippen molar-refractivity contribution in [3.63, 3.8) is 0 Å². The summed E-state index contributed by atoms with van der Waals surface area (Å²) in [6.45, 7) is 5.50. The second-order valence-electron chi connectivity index (χ2n) is 5.89. The molecule has 2 aliphatic rings. The van der Waals surface area contributed by atoms with Gasteiger partial charge in [-0.2, -0.15) is 0 Å². The lowest BCUT2D eigenvalue weighted by Gasteiger charge is -2.39. The predicted molar refractivity (Wildman–Crippen MR) is 84.6 cm³/mol. The van der Waals surface area contributed by atoms with Gasteiger partial charge in [0.2, 0.25) is 5.91 Å². The highest BCUT2D eigenvalue weighted by Gasteiger charge is 2.44. The number of morpholine rings is 1. The van der Waals surface area contributed by atoms with Crippen LogP contribution in [-0.4, -0.2) is 48.8 Å². The number of amides is 1. The molecular weight excluding hydrogens is 278 g/mol. The zero-order chi connectivity index (χ0) is 15.4. The average Bonchev–Trinajstić information content (AvgIpc) is 2.97. The summed E-state index contributed by atoms with van der Waals surface area (Å²) in [5.74, 6) is 0.189. The van der Waals surface area contributed by atoms with Crippen molar-refractivity contribution in [3.8, 4) is 0 Å². The van der Waals surface area contributed by atoms with E-state index in [9.17, 15) is 4.79 Å². The molecule has 1 heterocycles. The van der Waals surface area contributed by atoms with Crippen LogP contribution in [0, 0.1) is 0 Å². The summed E-state index contributed by atoms with van der Waals surface area (Å²) < 4.78 is 11.7. The van der Waals surface area contributed by atoms with Crippen molar-refractivity contribution in [2.45, 2.75) is 37.5 Å². The lowest BCUT2D eigenvalue weighted by atomic mass is 10.1. The van der Waals surface area contributed by atoms with Crippen LogP contribution < -0.4 is 0 Å². The van der Waals surface area contributed by atoms with E-state index in [2.05, 4.69) is 6.58 Å². The smallest absolute Gasteiger partial charge is 0.227 e. The Morgan fingerprint density at radius 3 is 2.95 bits per heavy atom. The van der Waals surface area contributed by atoms with E-state index in [1.54, 1.807) is 6.08 Å². The Morgan fingerprint density at radius 1 is 1.36 bits per heavy atom. The fourth-order valence-corrected chi connectivity index (χ4v) is 3.47. The maximum atomic E-state index is 12.6. The molecule has 0 radical (unpaired) electrons. The molecule has 1 aliphatic heterocycles. The van der Waals surface area contributed by atoms with Gasteiger partial charge in [-0.1, -0.05) is 36.4 Å². The number of hydrogen-bond acceptors (Lipinski definition) is 3. The second-order valence-corrected chi connectivity index (χ2v) is 5.89. The Labute approximate surface area is 131 Å². The maximum Gasteiger partial charge on any atom is 0.227 e. The molecule has 1 aromatic carbocycles. The lowest BCUT2D eigenvalue weighted by molar-refractivity contribution is -0.150. The number of carbonyl (C=O) groups is 1. The third kappa shape index (κ3) is 3.23. The van der Waals surface area contributed by atoms with Crippen LogP contribution in [0.25, 0.3) is 0 Å². The van der Waals surface area contributed by atoms with Gasteiger partial charge in [-0.15, -0.1) is 6.58 Å². The predicted octanol–water partition coefficient (Wildman–Crippen LogP) is 2.19. The van der Waals surface area contributed by atoms with E-state index in [4.69, 9.17) is 9.47 Å². The number of nitrogens with zero attached hydrogens (tertiary/aromatic N) is 1. The normalized spacial score (nSPS) is 27.5. The van der Waals surface area contributed by atoms with E-state index in [1.165, 1.54) is 0 Å². The highest BCUT2D eigenvalue weighted by Crippen LogP contribution is 2.32. The first-order chi connectivity index (χ1) is 10.8. The summed E-state index contributed by atoms with van der Waals surface area (Å²) in [4.78, 5) is 14.6. The van der Waals surface area contributed by atoms with Crippen molar-refractivity contribution in [1.29, 1.82) is 0 Å². The van der Waals surface area contributed by atoms with Gasteiger partial charge in [-0.05, 0) is 18.4 Å². The summed E-state index contributed by atoms with van der Waals surface area (Å²) in [6, 6.07) is 10.1. The first kappa shape index (κ1) is 15.3. The largest absolute Gasteiger partial charge is 0.372 e. The van der Waals surface area contributed by atoms with E-state index < -0.39 is 0 Å². The molecule has 3 atom stereocenters. The summed E-state index contributed by atoms with van der Waals surface area (Å²) in [5.41, 5.74) is 1.06. The molecule has 1 amide bonds. The van der Waals surface area contributed by atoms with E-state index in [0.29, 0.717) is 26.2 Å². The van der Waals surface area contributed by atoms with Gasteiger partial charge in [0.25, 0.3) is 0 Å². The Balaban J connectivity index is 1.64. The molecule has 0 aromatic heterocycles. The minimum atomic E-state index is 0.00780. The van der Waals surface area contributed by atoms with Crippen LogP contribution in [-0.2, 0) is 20.7 Å². The van der Waals surface area contributed by atoms with Crippen LogP contribution in [0.15, 0.2) is 43.0 Å². The quantitative estimate of drug-likeness (QED) is 0.783. The lowest BCUT2D eigenvalue weighted by Crippen LogP contribution is -2.54. The van der Waals surface area contributed by atoms with Crippen molar-refractivity contribution in [1.82, 2.24) is 4.90 Å². The summed E-state index contributed by atoms with van der Waals surface area (Å²) in [6.07, 6.45) is 4.20. The number of rotatable bonds is 5. The second kappa shape index (κ2) is 7.07. The van der Waals surface area contributed by atoms with Gasteiger partial charge in [-0.3, -0.25) is 4.79 Å². The Bertz CT molecular complexity index is 516. The van der Waals surface area contributed by atoms with Crippen LogP contribution in [0.2, 0.25) is 0 Å². The van der Waals surface area contributed by atoms with Crippen molar-refractivity contribution in [2.24, 2.45) is 0 Å². The number of benzene rings is 1. The Hall–Kier alpha value is -1.65. The zero-order valence-electron chi connectivity index (χ0n) is 12.8. The van der Waals surface area contributed by atoms with Crippen LogP contribution in [0.5, 0.6) is 0 Å². The highest BCUT2D eigenvalue weighted by atomic mass is 16.5. The van der Waals surface area contributed by atoms with Crippen LogP contribution >= 0.6 is 0 Å². The summed E-state index contributed by atoms with van der Waals surface area (Å²) in [5, 5.41) is 0. The first-order valence-corrected chi connectivity index (χ1v) is 7.97. The zero-order valence-corrected chi connectivity index (χ0v) is 12.8. The van der Waals surface area contributed by atoms with Gasteiger partial charge in [0, 0.05) is 6.54 Å². The van der Waals surface area contributed by atoms with Crippen molar-refractivity contribution < 1.29 is 14.3 Å². The minimum absolute atomic E-state index is 0.00780. The van der Waals surface area contributed by atoms with Crippen molar-refractivity contribution in [3.05, 3.63) is 48.6 Å². The van der Waals surface area contributed by atoms with Gasteiger partial charge < -0.3 is 14.4 Å². The molecule has 4 nitrogen and oxygen atoms in total. The van der Waals surface area contributed by atoms with Crippen molar-refractivity contribution in [2.75, 3.05) is 19.8 Å². The number of carbonyl (C=O) groups excluding carboxylic acids is 1. The molecular formula is C18H23NO3. The molecule has 22 heavy (non-hydrogen) atoms. The van der Waals surface area contributed by atoms with Crippen LogP contribution in [0.4, 0.5) is 0 Å². The molecule has 0 bridgehead atoms. The molecule has 1 aliphatic carbocycles. The Morgan fingerprint density at radius 2 is 2.18 bits per heavy atom. The molecule has 2 fully saturated rings. The van der Waals surface area contributed by atoms with E-state index >= 15 is 0 Å². The molecule has 1 saturated carbocycles. The molecule has 3 rings (SSSR count). The third-order valence-corrected chi connectivity index (χ3v) is 4.48. The molecule has 0 unspecified atom stereocenters. The van der Waals surface area contributed by atoms with E-state index in [0.717, 1.165) is 18.4 Å². The maximum absolute atomic E-state index is 12.6. The highest BCUT2D eigenvalue weighted by molar-refractivity contribution is 5.79. The number of hydrogen-bond donors (Lipinski definition) is 0. The average molecular weight is 301 g/mol. The molecule has 0 spiro atoms. The minimum Gasteiger partial charge on any atom is -0.372 e. The number of fused-ring (bicyclic) bond motifs is 1.